The molecule has 1 aromatic heterocycles. The molecular weight excluding hydrogens is 502 g/mol. The number of H-pyrrole nitrogens is 1. The number of alkyl halides is 3. The Morgan fingerprint density at radius 2 is 1.55 bits per heavy atom. The third-order valence-electron chi connectivity index (χ3n) is 5.66. The normalized spacial score (nSPS) is 13.7. The third-order valence-corrected chi connectivity index (χ3v) is 5.66. The van der Waals surface area contributed by atoms with Gasteiger partial charge >= 0.3 is 12.2 Å². The van der Waals surface area contributed by atoms with E-state index in [0.717, 1.165) is 17.3 Å². The predicted molar refractivity (Wildman–Crippen MR) is 138 cm³/mol. The van der Waals surface area contributed by atoms with Gasteiger partial charge in [0.2, 0.25) is 0 Å². The van der Waals surface area contributed by atoms with Crippen LogP contribution in [0.1, 0.15) is 16.8 Å². The van der Waals surface area contributed by atoms with E-state index in [1.165, 1.54) is 0 Å². The van der Waals surface area contributed by atoms with E-state index in [2.05, 4.69) is 26.3 Å². The lowest BCUT2D eigenvalue weighted by Gasteiger charge is -2.13. The summed E-state index contributed by atoms with van der Waals surface area (Å²) in [6.07, 6.45) is -1.35. The van der Waals surface area contributed by atoms with Gasteiger partial charge in [-0.05, 0) is 66.7 Å². The van der Waals surface area contributed by atoms with E-state index in [-0.39, 0.29) is 11.6 Å². The van der Waals surface area contributed by atoms with Crippen LogP contribution < -0.4 is 21.3 Å². The van der Waals surface area contributed by atoms with Crippen molar-refractivity contribution in [1.29, 1.82) is 0 Å². The number of aromatic amines is 1. The van der Waals surface area contributed by atoms with Crippen molar-refractivity contribution >= 4 is 52.0 Å². The highest BCUT2D eigenvalue weighted by Gasteiger charge is 2.34. The van der Waals surface area contributed by atoms with Crippen LogP contribution in [0, 0.1) is 5.82 Å². The van der Waals surface area contributed by atoms with Crippen molar-refractivity contribution in [3.8, 4) is 0 Å². The number of anilines is 5. The lowest BCUT2D eigenvalue weighted by molar-refractivity contribution is -0.139. The van der Waals surface area contributed by atoms with Crippen molar-refractivity contribution in [2.45, 2.75) is 6.18 Å². The molecule has 0 bridgehead atoms. The van der Waals surface area contributed by atoms with E-state index in [0.29, 0.717) is 40.5 Å². The summed E-state index contributed by atoms with van der Waals surface area (Å²) < 4.78 is 52.3. The minimum Gasteiger partial charge on any atom is -0.362 e. The number of carbonyl (C=O) groups is 2. The first-order valence-electron chi connectivity index (χ1n) is 11.3. The number of fused-ring (bicyclic) bond motifs is 1. The SMILES string of the molecule is O=C(Nc1cccc(Nc2ccc3c(c2)NC(=O)C3=Cc2ccc[nH]2)c1)Nc1ccc(F)c(C(F)(F)F)c1. The zero-order valence-electron chi connectivity index (χ0n) is 19.4. The van der Waals surface area contributed by atoms with Crippen molar-refractivity contribution in [1.82, 2.24) is 4.98 Å². The maximum Gasteiger partial charge on any atom is 0.419 e. The molecule has 1 aliphatic rings. The highest BCUT2D eigenvalue weighted by atomic mass is 19.4. The Bertz CT molecular complexity index is 1560. The van der Waals surface area contributed by atoms with Crippen LogP contribution in [-0.2, 0) is 11.0 Å². The number of nitrogens with one attached hydrogen (secondary N) is 5. The number of benzene rings is 3. The van der Waals surface area contributed by atoms with Gasteiger partial charge < -0.3 is 26.3 Å². The second kappa shape index (κ2) is 9.77. The summed E-state index contributed by atoms with van der Waals surface area (Å²) >= 11 is 0. The Kier molecular flexibility index (Phi) is 6.33. The predicted octanol–water partition coefficient (Wildman–Crippen LogP) is 7.05. The fourth-order valence-electron chi connectivity index (χ4n) is 3.96. The molecule has 0 spiro atoms. The van der Waals surface area contributed by atoms with Gasteiger partial charge in [-0.1, -0.05) is 12.1 Å². The minimum absolute atomic E-state index is 0.213. The number of hydrogen-bond acceptors (Lipinski definition) is 3. The van der Waals surface area contributed by atoms with Gasteiger partial charge in [0.15, 0.2) is 0 Å². The molecule has 38 heavy (non-hydrogen) atoms. The van der Waals surface area contributed by atoms with Crippen LogP contribution in [0.25, 0.3) is 11.6 Å². The largest absolute Gasteiger partial charge is 0.419 e. The Morgan fingerprint density at radius 3 is 2.29 bits per heavy atom. The van der Waals surface area contributed by atoms with Crippen molar-refractivity contribution < 1.29 is 27.2 Å². The minimum atomic E-state index is -4.89. The first-order chi connectivity index (χ1) is 18.2. The average molecular weight is 521 g/mol. The molecule has 2 heterocycles. The van der Waals surface area contributed by atoms with Crippen LogP contribution in [-0.4, -0.2) is 16.9 Å². The van der Waals surface area contributed by atoms with Crippen LogP contribution in [0.15, 0.2) is 79.0 Å². The van der Waals surface area contributed by atoms with Gasteiger partial charge in [-0.15, -0.1) is 0 Å². The van der Waals surface area contributed by atoms with E-state index in [1.807, 2.05) is 18.2 Å². The Balaban J connectivity index is 1.27. The third kappa shape index (κ3) is 5.36. The van der Waals surface area contributed by atoms with Gasteiger partial charge in [0.1, 0.15) is 5.82 Å². The summed E-state index contributed by atoms with van der Waals surface area (Å²) in [6.45, 7) is 0. The molecule has 5 N–H and O–H groups in total. The van der Waals surface area contributed by atoms with Crippen molar-refractivity contribution in [2.24, 2.45) is 0 Å². The molecule has 0 radical (unpaired) electrons. The van der Waals surface area contributed by atoms with Gasteiger partial charge in [0.25, 0.3) is 5.91 Å². The Labute approximate surface area is 213 Å². The van der Waals surface area contributed by atoms with Crippen molar-refractivity contribution in [3.05, 3.63) is 102 Å². The number of aromatic nitrogens is 1. The summed E-state index contributed by atoms with van der Waals surface area (Å²) in [5, 5.41) is 10.8. The van der Waals surface area contributed by atoms with Crippen molar-refractivity contribution in [3.63, 3.8) is 0 Å². The molecule has 0 saturated heterocycles. The van der Waals surface area contributed by atoms with E-state index < -0.39 is 23.6 Å². The second-order valence-electron chi connectivity index (χ2n) is 8.38. The zero-order valence-corrected chi connectivity index (χ0v) is 19.4. The molecule has 192 valence electrons. The summed E-state index contributed by atoms with van der Waals surface area (Å²) in [5.41, 5.74) is 2.70. The lowest BCUT2D eigenvalue weighted by atomic mass is 10.1. The molecule has 4 aromatic rings. The quantitative estimate of drug-likeness (QED) is 0.144. The highest BCUT2D eigenvalue weighted by Crippen LogP contribution is 2.36. The molecular formula is C27H19F4N5O2. The van der Waals surface area contributed by atoms with Gasteiger partial charge in [0, 0.05) is 40.2 Å². The van der Waals surface area contributed by atoms with Gasteiger partial charge in [0.05, 0.1) is 16.8 Å². The first kappa shape index (κ1) is 24.6. The lowest BCUT2D eigenvalue weighted by Crippen LogP contribution is -2.20. The average Bonchev–Trinajstić information content (AvgIpc) is 3.47. The van der Waals surface area contributed by atoms with Crippen LogP contribution in [0.4, 0.5) is 50.8 Å². The maximum absolute atomic E-state index is 13.5. The Hall–Kier alpha value is -5.06. The van der Waals surface area contributed by atoms with E-state index >= 15 is 0 Å². The first-order valence-corrected chi connectivity index (χ1v) is 11.3. The summed E-state index contributed by atoms with van der Waals surface area (Å²) in [7, 11) is 0. The second-order valence-corrected chi connectivity index (χ2v) is 8.38. The van der Waals surface area contributed by atoms with E-state index in [1.54, 1.807) is 48.7 Å². The molecule has 0 unspecified atom stereocenters. The van der Waals surface area contributed by atoms with Gasteiger partial charge in [-0.25, -0.2) is 9.18 Å². The number of hydrogen-bond donors (Lipinski definition) is 5. The van der Waals surface area contributed by atoms with E-state index in [4.69, 9.17) is 0 Å². The molecule has 0 aliphatic carbocycles. The molecule has 3 amide bonds. The van der Waals surface area contributed by atoms with Crippen LogP contribution in [0.3, 0.4) is 0 Å². The summed E-state index contributed by atoms with van der Waals surface area (Å²) in [6, 6.07) is 17.1. The fraction of sp³-hybridized carbons (Fsp3) is 0.0370. The molecule has 0 atom stereocenters. The van der Waals surface area contributed by atoms with Crippen LogP contribution in [0.2, 0.25) is 0 Å². The topological polar surface area (TPSA) is 98.1 Å². The number of urea groups is 1. The molecule has 3 aromatic carbocycles. The smallest absolute Gasteiger partial charge is 0.362 e. The van der Waals surface area contributed by atoms with Crippen LogP contribution in [0.5, 0.6) is 0 Å². The molecule has 7 nitrogen and oxygen atoms in total. The monoisotopic (exact) mass is 521 g/mol. The maximum atomic E-state index is 13.5. The summed E-state index contributed by atoms with van der Waals surface area (Å²) in [4.78, 5) is 27.8. The van der Waals surface area contributed by atoms with Gasteiger partial charge in [-0.3, -0.25) is 4.79 Å². The van der Waals surface area contributed by atoms with Crippen molar-refractivity contribution in [2.75, 3.05) is 21.3 Å². The fourth-order valence-corrected chi connectivity index (χ4v) is 3.96. The number of carbonyl (C=O) groups excluding carboxylic acids is 2. The van der Waals surface area contributed by atoms with E-state index in [9.17, 15) is 27.2 Å². The molecule has 0 fully saturated rings. The number of amides is 3. The number of rotatable bonds is 5. The zero-order chi connectivity index (χ0) is 26.9. The van der Waals surface area contributed by atoms with Crippen LogP contribution >= 0.6 is 0 Å². The molecule has 5 rings (SSSR count). The van der Waals surface area contributed by atoms with Gasteiger partial charge in [-0.2, -0.15) is 13.2 Å². The molecule has 1 aliphatic heterocycles. The number of halogens is 4. The molecule has 0 saturated carbocycles. The highest BCUT2D eigenvalue weighted by molar-refractivity contribution is 6.35. The Morgan fingerprint density at radius 1 is 0.842 bits per heavy atom. The molecule has 11 heteroatoms. The standard InChI is InChI=1S/C27H19F4N5O2/c28-23-9-7-18(13-22(23)27(29,30)31)35-26(38)34-17-4-1-3-16(11-17)33-19-6-8-20-21(12-15-5-2-10-32-15)25(37)36-24(20)14-19/h1-14,32-33H,(H,36,37)(H2,34,35,38). The summed E-state index contributed by atoms with van der Waals surface area (Å²) in [5.74, 6) is -1.64.